The van der Waals surface area contributed by atoms with Gasteiger partial charge in [-0.3, -0.25) is 9.78 Å². The number of amides is 1. The van der Waals surface area contributed by atoms with E-state index in [1.165, 1.54) is 0 Å². The summed E-state index contributed by atoms with van der Waals surface area (Å²) in [5, 5.41) is 3.02. The van der Waals surface area contributed by atoms with Crippen LogP contribution in [0.5, 0.6) is 0 Å². The van der Waals surface area contributed by atoms with Gasteiger partial charge in [-0.2, -0.15) is 0 Å². The zero-order chi connectivity index (χ0) is 15.9. The van der Waals surface area contributed by atoms with E-state index < -0.39 is 5.41 Å². The Morgan fingerprint density at radius 3 is 2.43 bits per heavy atom. The SMILES string of the molecule is CCCC(CCC)(C(=O)NC(C)c1ccccn1)C(N)=S. The van der Waals surface area contributed by atoms with E-state index >= 15 is 0 Å². The predicted molar refractivity (Wildman–Crippen MR) is 89.8 cm³/mol. The lowest BCUT2D eigenvalue weighted by Crippen LogP contribution is -2.49. The van der Waals surface area contributed by atoms with Crippen LogP contribution < -0.4 is 11.1 Å². The second-order valence-electron chi connectivity index (χ2n) is 5.40. The third kappa shape index (κ3) is 4.24. The highest BCUT2D eigenvalue weighted by atomic mass is 32.1. The Kier molecular flexibility index (Phi) is 6.75. The van der Waals surface area contributed by atoms with Crippen LogP contribution in [0.4, 0.5) is 0 Å². The molecular weight excluding hydrogens is 282 g/mol. The summed E-state index contributed by atoms with van der Waals surface area (Å²) < 4.78 is 0. The standard InChI is InChI=1S/C16H25N3OS/c1-4-9-16(10-5-2,14(17)21)15(20)19-12(3)13-8-6-7-11-18-13/h6-8,11-12H,4-5,9-10H2,1-3H3,(H2,17,21)(H,19,20). The first kappa shape index (κ1) is 17.6. The van der Waals surface area contributed by atoms with Crippen molar-refractivity contribution in [2.45, 2.75) is 52.5 Å². The molecule has 1 amide bonds. The van der Waals surface area contributed by atoms with Gasteiger partial charge in [0.15, 0.2) is 0 Å². The van der Waals surface area contributed by atoms with Crippen LogP contribution in [0.25, 0.3) is 0 Å². The van der Waals surface area contributed by atoms with E-state index in [1.54, 1.807) is 6.20 Å². The minimum absolute atomic E-state index is 0.0862. The van der Waals surface area contributed by atoms with Crippen molar-refractivity contribution in [2.75, 3.05) is 0 Å². The van der Waals surface area contributed by atoms with Gasteiger partial charge in [0.25, 0.3) is 0 Å². The van der Waals surface area contributed by atoms with E-state index in [0.29, 0.717) is 12.8 Å². The predicted octanol–water partition coefficient (Wildman–Crippen LogP) is 3.13. The van der Waals surface area contributed by atoms with Crippen LogP contribution in [0, 0.1) is 5.41 Å². The van der Waals surface area contributed by atoms with Gasteiger partial charge in [0, 0.05) is 6.20 Å². The first-order valence-corrected chi connectivity index (χ1v) is 7.90. The Hall–Kier alpha value is -1.49. The molecule has 0 aliphatic rings. The molecule has 1 aromatic rings. The molecule has 116 valence electrons. The van der Waals surface area contributed by atoms with Crippen molar-refractivity contribution >= 4 is 23.1 Å². The van der Waals surface area contributed by atoms with Gasteiger partial charge >= 0.3 is 0 Å². The van der Waals surface area contributed by atoms with Gasteiger partial charge in [-0.1, -0.05) is 45.0 Å². The molecule has 1 rings (SSSR count). The lowest BCUT2D eigenvalue weighted by Gasteiger charge is -2.32. The summed E-state index contributed by atoms with van der Waals surface area (Å²) in [7, 11) is 0. The maximum absolute atomic E-state index is 12.8. The molecule has 5 heteroatoms. The smallest absolute Gasteiger partial charge is 0.233 e. The molecule has 1 unspecified atom stereocenters. The van der Waals surface area contributed by atoms with Crippen molar-refractivity contribution in [1.82, 2.24) is 10.3 Å². The number of aromatic nitrogens is 1. The molecule has 0 spiro atoms. The van der Waals surface area contributed by atoms with Gasteiger partial charge in [-0.15, -0.1) is 0 Å². The van der Waals surface area contributed by atoms with Crippen molar-refractivity contribution in [2.24, 2.45) is 11.1 Å². The van der Waals surface area contributed by atoms with E-state index in [0.717, 1.165) is 18.5 Å². The molecule has 3 N–H and O–H groups in total. The summed E-state index contributed by atoms with van der Waals surface area (Å²) in [6.45, 7) is 6.00. The lowest BCUT2D eigenvalue weighted by atomic mass is 9.78. The molecule has 0 aliphatic carbocycles. The van der Waals surface area contributed by atoms with Gasteiger partial charge in [0.05, 0.1) is 22.1 Å². The minimum atomic E-state index is -0.748. The van der Waals surface area contributed by atoms with Gasteiger partial charge < -0.3 is 11.1 Å². The normalized spacial score (nSPS) is 12.7. The zero-order valence-electron chi connectivity index (χ0n) is 13.1. The molecule has 21 heavy (non-hydrogen) atoms. The van der Waals surface area contributed by atoms with Gasteiger partial charge in [0.2, 0.25) is 5.91 Å². The number of hydrogen-bond donors (Lipinski definition) is 2. The first-order chi connectivity index (χ1) is 9.97. The summed E-state index contributed by atoms with van der Waals surface area (Å²) in [5.41, 5.74) is 6.00. The van der Waals surface area contributed by atoms with Crippen molar-refractivity contribution in [1.29, 1.82) is 0 Å². The fourth-order valence-electron chi connectivity index (χ4n) is 2.60. The average molecular weight is 307 g/mol. The highest BCUT2D eigenvalue weighted by Crippen LogP contribution is 2.31. The molecule has 0 saturated carbocycles. The second kappa shape index (κ2) is 8.08. The van der Waals surface area contributed by atoms with E-state index in [9.17, 15) is 4.79 Å². The van der Waals surface area contributed by atoms with Gasteiger partial charge in [0.1, 0.15) is 0 Å². The Morgan fingerprint density at radius 1 is 1.38 bits per heavy atom. The molecular formula is C16H25N3OS. The molecule has 0 aliphatic heterocycles. The number of thiocarbonyl (C=S) groups is 1. The molecule has 1 aromatic heterocycles. The van der Waals surface area contributed by atoms with E-state index in [4.69, 9.17) is 18.0 Å². The van der Waals surface area contributed by atoms with Crippen LogP contribution >= 0.6 is 12.2 Å². The summed E-state index contributed by atoms with van der Waals surface area (Å²) in [6.07, 6.45) is 4.80. The molecule has 1 atom stereocenters. The summed E-state index contributed by atoms with van der Waals surface area (Å²) >= 11 is 5.21. The van der Waals surface area contributed by atoms with E-state index in [1.807, 2.05) is 39.0 Å². The number of pyridine rings is 1. The zero-order valence-corrected chi connectivity index (χ0v) is 13.9. The fourth-order valence-corrected chi connectivity index (χ4v) is 2.90. The van der Waals surface area contributed by atoms with Crippen molar-refractivity contribution < 1.29 is 4.79 Å². The van der Waals surface area contributed by atoms with Crippen LogP contribution in [0.3, 0.4) is 0 Å². The van der Waals surface area contributed by atoms with Crippen LogP contribution in [-0.2, 0) is 4.79 Å². The number of nitrogens with one attached hydrogen (secondary N) is 1. The fraction of sp³-hybridized carbons (Fsp3) is 0.562. The van der Waals surface area contributed by atoms with Crippen molar-refractivity contribution in [3.05, 3.63) is 30.1 Å². The molecule has 0 fully saturated rings. The highest BCUT2D eigenvalue weighted by molar-refractivity contribution is 7.80. The van der Waals surface area contributed by atoms with Crippen LogP contribution in [0.2, 0.25) is 0 Å². The molecule has 0 aromatic carbocycles. The molecule has 0 bridgehead atoms. The molecule has 0 saturated heterocycles. The largest absolute Gasteiger partial charge is 0.392 e. The molecule has 0 radical (unpaired) electrons. The number of hydrogen-bond acceptors (Lipinski definition) is 3. The highest BCUT2D eigenvalue weighted by Gasteiger charge is 2.40. The summed E-state index contributed by atoms with van der Waals surface area (Å²) in [6, 6.07) is 5.49. The minimum Gasteiger partial charge on any atom is -0.392 e. The van der Waals surface area contributed by atoms with Crippen LogP contribution in [-0.4, -0.2) is 15.9 Å². The van der Waals surface area contributed by atoms with E-state index in [2.05, 4.69) is 10.3 Å². The number of nitrogens with zero attached hydrogens (tertiary/aromatic N) is 1. The van der Waals surface area contributed by atoms with Gasteiger partial charge in [-0.25, -0.2) is 0 Å². The third-order valence-corrected chi connectivity index (χ3v) is 4.13. The Labute approximate surface area is 132 Å². The number of carbonyl (C=O) groups excluding carboxylic acids is 1. The number of nitrogens with two attached hydrogens (primary N) is 1. The Balaban J connectivity index is 2.93. The van der Waals surface area contributed by atoms with Crippen LogP contribution in [0.15, 0.2) is 24.4 Å². The average Bonchev–Trinajstić information content (AvgIpc) is 2.47. The lowest BCUT2D eigenvalue weighted by molar-refractivity contribution is -0.128. The number of carbonyl (C=O) groups is 1. The monoisotopic (exact) mass is 307 g/mol. The summed E-state index contributed by atoms with van der Waals surface area (Å²) in [4.78, 5) is 17.3. The molecule has 4 nitrogen and oxygen atoms in total. The first-order valence-electron chi connectivity index (χ1n) is 7.49. The number of rotatable bonds is 8. The van der Waals surface area contributed by atoms with Crippen molar-refractivity contribution in [3.63, 3.8) is 0 Å². The maximum Gasteiger partial charge on any atom is 0.233 e. The Morgan fingerprint density at radius 2 is 2.00 bits per heavy atom. The topological polar surface area (TPSA) is 68.0 Å². The summed E-state index contributed by atoms with van der Waals surface area (Å²) in [5.74, 6) is -0.0862. The Bertz CT molecular complexity index is 470. The van der Waals surface area contributed by atoms with Gasteiger partial charge in [-0.05, 0) is 31.9 Å². The maximum atomic E-state index is 12.8. The van der Waals surface area contributed by atoms with Crippen LogP contribution in [0.1, 0.15) is 58.2 Å². The van der Waals surface area contributed by atoms with Crippen molar-refractivity contribution in [3.8, 4) is 0 Å². The van der Waals surface area contributed by atoms with E-state index in [-0.39, 0.29) is 16.9 Å². The third-order valence-electron chi connectivity index (χ3n) is 3.74. The quantitative estimate of drug-likeness (QED) is 0.724. The second-order valence-corrected chi connectivity index (χ2v) is 5.84. The molecule has 1 heterocycles.